The van der Waals surface area contributed by atoms with E-state index in [9.17, 15) is 8.78 Å². The van der Waals surface area contributed by atoms with Crippen LogP contribution < -0.4 is 5.32 Å². The third-order valence-corrected chi connectivity index (χ3v) is 3.93. The van der Waals surface area contributed by atoms with Crippen molar-refractivity contribution in [3.63, 3.8) is 0 Å². The first-order chi connectivity index (χ1) is 9.47. The van der Waals surface area contributed by atoms with Crippen molar-refractivity contribution < 1.29 is 13.9 Å². The second-order valence-electron chi connectivity index (χ2n) is 5.69. The van der Waals surface area contributed by atoms with E-state index in [4.69, 9.17) is 5.11 Å². The molecule has 0 saturated carbocycles. The van der Waals surface area contributed by atoms with Crippen LogP contribution >= 0.6 is 0 Å². The minimum atomic E-state index is -0.906. The molecule has 1 fully saturated rings. The molecule has 2 N–H and O–H groups in total. The van der Waals surface area contributed by atoms with Gasteiger partial charge in [0.1, 0.15) is 0 Å². The standard InChI is InChI=1S/C15H22F2N2O/c1-10(2)19-5-3-12(4-6-19)18-9-11-7-13(16)15(20)14(17)8-11/h7-8,10,12,18,20H,3-6,9H2,1-2H3. The molecule has 0 bridgehead atoms. The third-order valence-electron chi connectivity index (χ3n) is 3.93. The van der Waals surface area contributed by atoms with Crippen LogP contribution in [0, 0.1) is 11.6 Å². The van der Waals surface area contributed by atoms with Gasteiger partial charge in [0.15, 0.2) is 17.4 Å². The summed E-state index contributed by atoms with van der Waals surface area (Å²) in [6.07, 6.45) is 2.09. The summed E-state index contributed by atoms with van der Waals surface area (Å²) in [4.78, 5) is 2.43. The van der Waals surface area contributed by atoms with Gasteiger partial charge in [0.25, 0.3) is 0 Å². The molecule has 1 aliphatic rings. The van der Waals surface area contributed by atoms with Gasteiger partial charge in [0, 0.05) is 18.6 Å². The molecule has 1 aromatic rings. The Labute approximate surface area is 118 Å². The highest BCUT2D eigenvalue weighted by Gasteiger charge is 2.20. The van der Waals surface area contributed by atoms with Crippen LogP contribution in [0.4, 0.5) is 8.78 Å². The van der Waals surface area contributed by atoms with Gasteiger partial charge < -0.3 is 15.3 Å². The molecule has 0 unspecified atom stereocenters. The van der Waals surface area contributed by atoms with Gasteiger partial charge in [-0.3, -0.25) is 0 Å². The lowest BCUT2D eigenvalue weighted by Crippen LogP contribution is -2.44. The monoisotopic (exact) mass is 284 g/mol. The van der Waals surface area contributed by atoms with E-state index in [-0.39, 0.29) is 0 Å². The number of benzene rings is 1. The highest BCUT2D eigenvalue weighted by Crippen LogP contribution is 2.21. The molecular formula is C15H22F2N2O. The normalized spacial score (nSPS) is 17.9. The van der Waals surface area contributed by atoms with Crippen LogP contribution in [0.25, 0.3) is 0 Å². The molecule has 0 radical (unpaired) electrons. The predicted octanol–water partition coefficient (Wildman–Crippen LogP) is 2.63. The third kappa shape index (κ3) is 3.67. The SMILES string of the molecule is CC(C)N1CCC(NCc2cc(F)c(O)c(F)c2)CC1. The predicted molar refractivity (Wildman–Crippen MR) is 74.6 cm³/mol. The molecule has 2 rings (SSSR count). The van der Waals surface area contributed by atoms with Gasteiger partial charge in [0.05, 0.1) is 0 Å². The highest BCUT2D eigenvalue weighted by atomic mass is 19.1. The van der Waals surface area contributed by atoms with Gasteiger partial charge in [-0.05, 0) is 57.5 Å². The average molecular weight is 284 g/mol. The summed E-state index contributed by atoms with van der Waals surface area (Å²) in [5.74, 6) is -2.72. The number of hydrogen-bond donors (Lipinski definition) is 2. The topological polar surface area (TPSA) is 35.5 Å². The van der Waals surface area contributed by atoms with Gasteiger partial charge >= 0.3 is 0 Å². The van der Waals surface area contributed by atoms with Crippen LogP contribution in [0.5, 0.6) is 5.75 Å². The Kier molecular flexibility index (Phi) is 4.94. The maximum Gasteiger partial charge on any atom is 0.187 e. The number of piperidine rings is 1. The van der Waals surface area contributed by atoms with Crippen molar-refractivity contribution in [1.82, 2.24) is 10.2 Å². The minimum absolute atomic E-state index is 0.380. The van der Waals surface area contributed by atoms with Crippen LogP contribution in [0.1, 0.15) is 32.3 Å². The van der Waals surface area contributed by atoms with E-state index in [0.717, 1.165) is 25.9 Å². The maximum absolute atomic E-state index is 13.2. The fourth-order valence-corrected chi connectivity index (χ4v) is 2.60. The molecule has 20 heavy (non-hydrogen) atoms. The first-order valence-corrected chi connectivity index (χ1v) is 7.11. The first-order valence-electron chi connectivity index (χ1n) is 7.11. The van der Waals surface area contributed by atoms with Crippen molar-refractivity contribution in [3.8, 4) is 5.75 Å². The summed E-state index contributed by atoms with van der Waals surface area (Å²) in [7, 11) is 0. The van der Waals surface area contributed by atoms with Crippen molar-refractivity contribution in [3.05, 3.63) is 29.3 Å². The Morgan fingerprint density at radius 1 is 1.25 bits per heavy atom. The lowest BCUT2D eigenvalue weighted by Gasteiger charge is -2.35. The number of aromatic hydroxyl groups is 1. The number of likely N-dealkylation sites (tertiary alicyclic amines) is 1. The van der Waals surface area contributed by atoms with Crippen molar-refractivity contribution in [2.75, 3.05) is 13.1 Å². The molecule has 1 saturated heterocycles. The van der Waals surface area contributed by atoms with Crippen LogP contribution in [0.3, 0.4) is 0 Å². The fourth-order valence-electron chi connectivity index (χ4n) is 2.60. The van der Waals surface area contributed by atoms with Crippen molar-refractivity contribution in [2.45, 2.75) is 45.3 Å². The van der Waals surface area contributed by atoms with Gasteiger partial charge in [0.2, 0.25) is 0 Å². The highest BCUT2D eigenvalue weighted by molar-refractivity contribution is 5.29. The lowest BCUT2D eigenvalue weighted by atomic mass is 10.0. The zero-order valence-electron chi connectivity index (χ0n) is 12.0. The summed E-state index contributed by atoms with van der Waals surface area (Å²) in [5.41, 5.74) is 0.518. The van der Waals surface area contributed by atoms with Crippen LogP contribution in [0.2, 0.25) is 0 Å². The van der Waals surface area contributed by atoms with E-state index >= 15 is 0 Å². The summed E-state index contributed by atoms with van der Waals surface area (Å²) in [6, 6.07) is 3.30. The second-order valence-corrected chi connectivity index (χ2v) is 5.69. The smallest absolute Gasteiger partial charge is 0.187 e. The van der Waals surface area contributed by atoms with E-state index in [2.05, 4.69) is 24.1 Å². The van der Waals surface area contributed by atoms with Gasteiger partial charge in [-0.1, -0.05) is 0 Å². The molecule has 5 heteroatoms. The van der Waals surface area contributed by atoms with Crippen LogP contribution in [-0.2, 0) is 6.54 Å². The zero-order valence-corrected chi connectivity index (χ0v) is 12.0. The molecule has 0 amide bonds. The first kappa shape index (κ1) is 15.2. The number of halogens is 2. The average Bonchev–Trinajstić information content (AvgIpc) is 2.42. The molecular weight excluding hydrogens is 262 g/mol. The second kappa shape index (κ2) is 6.50. The summed E-state index contributed by atoms with van der Waals surface area (Å²) in [5, 5.41) is 12.4. The molecule has 3 nitrogen and oxygen atoms in total. The molecule has 0 aliphatic carbocycles. The van der Waals surface area contributed by atoms with E-state index in [1.54, 1.807) is 0 Å². The van der Waals surface area contributed by atoms with Crippen molar-refractivity contribution in [1.29, 1.82) is 0 Å². The number of nitrogens with zero attached hydrogens (tertiary/aromatic N) is 1. The lowest BCUT2D eigenvalue weighted by molar-refractivity contribution is 0.161. The molecule has 1 aromatic carbocycles. The Morgan fingerprint density at radius 3 is 2.30 bits per heavy atom. The zero-order chi connectivity index (χ0) is 14.7. The maximum atomic E-state index is 13.2. The van der Waals surface area contributed by atoms with E-state index in [1.807, 2.05) is 0 Å². The van der Waals surface area contributed by atoms with Crippen LogP contribution in [0.15, 0.2) is 12.1 Å². The molecule has 0 aromatic heterocycles. The molecule has 0 atom stereocenters. The Morgan fingerprint density at radius 2 is 1.80 bits per heavy atom. The van der Waals surface area contributed by atoms with Crippen LogP contribution in [-0.4, -0.2) is 35.2 Å². The molecule has 1 aliphatic heterocycles. The van der Waals surface area contributed by atoms with Crippen molar-refractivity contribution >= 4 is 0 Å². The number of nitrogens with one attached hydrogen (secondary N) is 1. The summed E-state index contributed by atoms with van der Waals surface area (Å²) in [6.45, 7) is 6.90. The molecule has 0 spiro atoms. The Balaban J connectivity index is 1.85. The van der Waals surface area contributed by atoms with E-state index < -0.39 is 17.4 Å². The number of phenolic OH excluding ortho intramolecular Hbond substituents is 1. The van der Waals surface area contributed by atoms with Gasteiger partial charge in [-0.25, -0.2) is 8.78 Å². The fraction of sp³-hybridized carbons (Fsp3) is 0.600. The Hall–Kier alpha value is -1.20. The number of phenols is 1. The van der Waals surface area contributed by atoms with E-state index in [1.165, 1.54) is 12.1 Å². The number of hydrogen-bond acceptors (Lipinski definition) is 3. The van der Waals surface area contributed by atoms with E-state index in [0.29, 0.717) is 24.2 Å². The number of rotatable bonds is 4. The van der Waals surface area contributed by atoms with Crippen molar-refractivity contribution in [2.24, 2.45) is 0 Å². The van der Waals surface area contributed by atoms with Gasteiger partial charge in [-0.15, -0.1) is 0 Å². The minimum Gasteiger partial charge on any atom is -0.503 e. The molecule has 112 valence electrons. The van der Waals surface area contributed by atoms with Gasteiger partial charge in [-0.2, -0.15) is 0 Å². The Bertz CT molecular complexity index is 434. The largest absolute Gasteiger partial charge is 0.503 e. The molecule has 1 heterocycles. The summed E-state index contributed by atoms with van der Waals surface area (Å²) >= 11 is 0. The quantitative estimate of drug-likeness (QED) is 0.892. The summed E-state index contributed by atoms with van der Waals surface area (Å²) < 4.78 is 26.4.